The Labute approximate surface area is 335 Å². The van der Waals surface area contributed by atoms with Crippen LogP contribution in [0.25, 0.3) is 0 Å². The molecule has 26 nitrogen and oxygen atoms in total. The molecule has 15 N–H and O–H groups in total. The number of aliphatic hydroxyl groups is 13. The van der Waals surface area contributed by atoms with Gasteiger partial charge in [0.2, 0.25) is 11.8 Å². The lowest BCUT2D eigenvalue weighted by Crippen LogP contribution is -2.71. The maximum absolute atomic E-state index is 12.6. The highest BCUT2D eigenvalue weighted by Crippen LogP contribution is 2.36. The number of ether oxygens (including phenoxy) is 9. The number of carbonyl (C=O) groups is 2. The van der Waals surface area contributed by atoms with Gasteiger partial charge in [0.1, 0.15) is 110 Å². The van der Waals surface area contributed by atoms with Crippen LogP contribution >= 0.6 is 0 Å². The third kappa shape index (κ3) is 10.5. The van der Waals surface area contributed by atoms with Crippen LogP contribution in [0.1, 0.15) is 20.8 Å². The highest BCUT2D eigenvalue weighted by Gasteiger charge is 2.57. The molecule has 5 aliphatic heterocycles. The summed E-state index contributed by atoms with van der Waals surface area (Å²) in [5.74, 6) is -1.52. The van der Waals surface area contributed by atoms with Crippen LogP contribution in [-0.2, 0) is 52.2 Å². The average Bonchev–Trinajstić information content (AvgIpc) is 3.19. The van der Waals surface area contributed by atoms with E-state index in [0.29, 0.717) is 0 Å². The molecule has 342 valence electrons. The number of rotatable bonds is 13. The predicted octanol–water partition coefficient (Wildman–Crippen LogP) is -9.97. The van der Waals surface area contributed by atoms with Crippen LogP contribution in [0.4, 0.5) is 0 Å². The molecule has 5 rings (SSSR count). The van der Waals surface area contributed by atoms with E-state index in [4.69, 9.17) is 42.6 Å². The second-order valence-electron chi connectivity index (χ2n) is 15.0. The van der Waals surface area contributed by atoms with Gasteiger partial charge in [0.05, 0.1) is 32.5 Å². The fourth-order valence-electron chi connectivity index (χ4n) is 7.48. The molecule has 26 heteroatoms. The molecule has 59 heavy (non-hydrogen) atoms. The molecule has 0 saturated carbocycles. The van der Waals surface area contributed by atoms with Crippen molar-refractivity contribution in [2.45, 2.75) is 168 Å². The number of aliphatic hydroxyl groups excluding tert-OH is 13. The van der Waals surface area contributed by atoms with Crippen molar-refractivity contribution in [3.8, 4) is 0 Å². The zero-order valence-electron chi connectivity index (χ0n) is 32.0. The third-order valence-corrected chi connectivity index (χ3v) is 10.7. The maximum atomic E-state index is 12.6. The van der Waals surface area contributed by atoms with Gasteiger partial charge in [0, 0.05) is 13.8 Å². The highest BCUT2D eigenvalue weighted by molar-refractivity contribution is 5.73. The predicted molar refractivity (Wildman–Crippen MR) is 182 cm³/mol. The van der Waals surface area contributed by atoms with Gasteiger partial charge in [0.15, 0.2) is 31.5 Å². The van der Waals surface area contributed by atoms with Gasteiger partial charge in [-0.05, 0) is 6.92 Å². The summed E-state index contributed by atoms with van der Waals surface area (Å²) >= 11 is 0. The number of amides is 2. The lowest BCUT2D eigenvalue weighted by atomic mass is 9.93. The van der Waals surface area contributed by atoms with Gasteiger partial charge in [-0.1, -0.05) is 0 Å². The molecule has 0 aromatic carbocycles. The first-order valence-corrected chi connectivity index (χ1v) is 18.9. The van der Waals surface area contributed by atoms with Crippen molar-refractivity contribution < 1.29 is 119 Å². The fourth-order valence-corrected chi connectivity index (χ4v) is 7.48. The van der Waals surface area contributed by atoms with E-state index in [1.165, 1.54) is 6.92 Å². The number of hydrogen-bond acceptors (Lipinski definition) is 24. The molecule has 5 aliphatic rings. The van der Waals surface area contributed by atoms with Gasteiger partial charge in [-0.15, -0.1) is 0 Å². The second-order valence-corrected chi connectivity index (χ2v) is 15.0. The van der Waals surface area contributed by atoms with Crippen molar-refractivity contribution in [2.24, 2.45) is 0 Å². The van der Waals surface area contributed by atoms with E-state index in [2.05, 4.69) is 10.6 Å². The van der Waals surface area contributed by atoms with Crippen LogP contribution in [-0.4, -0.2) is 252 Å². The Morgan fingerprint density at radius 1 is 0.508 bits per heavy atom. The third-order valence-electron chi connectivity index (χ3n) is 10.7. The van der Waals surface area contributed by atoms with Gasteiger partial charge in [-0.3, -0.25) is 9.59 Å². The summed E-state index contributed by atoms with van der Waals surface area (Å²) < 4.78 is 51.8. The summed E-state index contributed by atoms with van der Waals surface area (Å²) in [7, 11) is 0. The van der Waals surface area contributed by atoms with Crippen molar-refractivity contribution in [3.63, 3.8) is 0 Å². The minimum Gasteiger partial charge on any atom is -0.394 e. The minimum atomic E-state index is -1.97. The first kappa shape index (κ1) is 48.1. The molecule has 0 aromatic rings. The van der Waals surface area contributed by atoms with Crippen LogP contribution in [0.2, 0.25) is 0 Å². The van der Waals surface area contributed by atoms with Gasteiger partial charge in [-0.2, -0.15) is 0 Å². The molecule has 5 heterocycles. The first-order chi connectivity index (χ1) is 27.8. The van der Waals surface area contributed by atoms with E-state index < -0.39 is 186 Å². The number of hydrogen-bond donors (Lipinski definition) is 15. The van der Waals surface area contributed by atoms with E-state index in [1.54, 1.807) is 0 Å². The lowest BCUT2D eigenvalue weighted by molar-refractivity contribution is -0.386. The summed E-state index contributed by atoms with van der Waals surface area (Å²) in [4.78, 5) is 24.8. The van der Waals surface area contributed by atoms with Crippen molar-refractivity contribution in [2.75, 3.05) is 26.4 Å². The Kier molecular flexibility index (Phi) is 16.7. The summed E-state index contributed by atoms with van der Waals surface area (Å²) in [6.07, 6.45) is -38.2. The SMILES string of the molecule is CC(=O)N[C@@H]1[C@@H](O[C@H]2O[C@@H](C)[C@@H](O)[C@@H](O)[C@@H]2O)[C@H](O[C@@H]2O[C@H](CO)[C@@H](O[C@@H]3O[C@H](CO)[C@@H](O)[C@H](O)[C@@H]3O[C@@H]3OC[C@@H](O)[C@H](O)[C@H]3O)[C@H](O)[C@H]2NC(C)=O)[C@@H](CO)O[C@H]1O. The van der Waals surface area contributed by atoms with Gasteiger partial charge < -0.3 is 120 Å². The summed E-state index contributed by atoms with van der Waals surface area (Å²) in [6, 6.07) is -3.25. The normalized spacial score (nSPS) is 49.6. The van der Waals surface area contributed by atoms with Crippen LogP contribution in [0.5, 0.6) is 0 Å². The molecular formula is C33H56N2O24. The van der Waals surface area contributed by atoms with Crippen LogP contribution < -0.4 is 10.6 Å². The van der Waals surface area contributed by atoms with Gasteiger partial charge in [0.25, 0.3) is 0 Å². The summed E-state index contributed by atoms with van der Waals surface area (Å²) in [5, 5.41) is 142. The number of carbonyl (C=O) groups excluding carboxylic acids is 2. The molecule has 2 amide bonds. The van der Waals surface area contributed by atoms with Crippen LogP contribution in [0, 0.1) is 0 Å². The highest BCUT2D eigenvalue weighted by atomic mass is 16.8. The minimum absolute atomic E-state index is 0.528. The molecule has 0 spiro atoms. The van der Waals surface area contributed by atoms with E-state index in [0.717, 1.165) is 13.8 Å². The number of nitrogens with one attached hydrogen (secondary N) is 2. The molecular weight excluding hydrogens is 808 g/mol. The molecule has 0 aliphatic carbocycles. The average molecular weight is 865 g/mol. The first-order valence-electron chi connectivity index (χ1n) is 18.9. The maximum Gasteiger partial charge on any atom is 0.217 e. The van der Waals surface area contributed by atoms with E-state index >= 15 is 0 Å². The topological polar surface area (TPSA) is 404 Å². The Bertz CT molecular complexity index is 1370. The standard InChI is InChI=1S/C33H56N2O24/c1-8-17(42)21(46)24(49)32(52-8)58-27-16(35-10(3)40)29(50)53-14(6-38)26(27)57-30-15(34-9(2)39)20(45)25(13(5-37)55-30)56-33-28(22(47)19(44)12(4-36)54-33)59-31-23(48)18(43)11(41)7-51-31/h8,11-33,36-38,41-50H,4-7H2,1-3H3,(H,34,39)(H,35,40)/t8-,11+,12+,13+,14+,15+,16+,17+,18-,19+,20+,21+,22-,23+,24-,25+,26+,27+,28-,29+,30-,31-,32+,33-/m0/s1. The van der Waals surface area contributed by atoms with E-state index in [9.17, 15) is 76.0 Å². The molecule has 0 unspecified atom stereocenters. The Morgan fingerprint density at radius 2 is 1.03 bits per heavy atom. The van der Waals surface area contributed by atoms with Crippen LogP contribution in [0.15, 0.2) is 0 Å². The largest absolute Gasteiger partial charge is 0.394 e. The van der Waals surface area contributed by atoms with E-state index in [-0.39, 0.29) is 0 Å². The molecule has 0 radical (unpaired) electrons. The fraction of sp³-hybridized carbons (Fsp3) is 0.939. The molecule has 5 fully saturated rings. The zero-order chi connectivity index (χ0) is 43.6. The molecule has 0 aromatic heterocycles. The van der Waals surface area contributed by atoms with Crippen molar-refractivity contribution in [1.82, 2.24) is 10.6 Å². The van der Waals surface area contributed by atoms with E-state index in [1.807, 2.05) is 0 Å². The zero-order valence-corrected chi connectivity index (χ0v) is 32.0. The van der Waals surface area contributed by atoms with Crippen LogP contribution in [0.3, 0.4) is 0 Å². The van der Waals surface area contributed by atoms with Crippen molar-refractivity contribution in [1.29, 1.82) is 0 Å². The summed E-state index contributed by atoms with van der Waals surface area (Å²) in [5.41, 5.74) is 0. The quantitative estimate of drug-likeness (QED) is 0.0817. The Balaban J connectivity index is 1.45. The molecule has 0 bridgehead atoms. The smallest absolute Gasteiger partial charge is 0.217 e. The monoisotopic (exact) mass is 864 g/mol. The lowest BCUT2D eigenvalue weighted by Gasteiger charge is -2.51. The van der Waals surface area contributed by atoms with Crippen molar-refractivity contribution >= 4 is 11.8 Å². The molecule has 24 atom stereocenters. The van der Waals surface area contributed by atoms with Gasteiger partial charge >= 0.3 is 0 Å². The van der Waals surface area contributed by atoms with Crippen molar-refractivity contribution in [3.05, 3.63) is 0 Å². The Morgan fingerprint density at radius 3 is 1.64 bits per heavy atom. The molecule has 5 saturated heterocycles. The van der Waals surface area contributed by atoms with Gasteiger partial charge in [-0.25, -0.2) is 0 Å². The second kappa shape index (κ2) is 20.5. The Hall–Kier alpha value is -1.94. The summed E-state index contributed by atoms with van der Waals surface area (Å²) in [6.45, 7) is 0.185.